The van der Waals surface area contributed by atoms with Crippen molar-refractivity contribution in [3.8, 4) is 16.9 Å². The number of benzene rings is 2. The summed E-state index contributed by atoms with van der Waals surface area (Å²) in [6.07, 6.45) is 1.70. The number of nitrogens with zero attached hydrogens (tertiary/aromatic N) is 1. The standard InChI is InChI=1S/C22H21NO3/c1-15-10-12-23(13-11-15)22(24)21-20(16-6-4-3-5-7-16)18-9-8-17(25-2)14-19(18)26-21/h3-9,14H,1,10-13H2,2H3. The van der Waals surface area contributed by atoms with Crippen LogP contribution >= 0.6 is 0 Å². The molecule has 26 heavy (non-hydrogen) atoms. The Labute approximate surface area is 152 Å². The Morgan fingerprint density at radius 3 is 2.54 bits per heavy atom. The molecular weight excluding hydrogens is 326 g/mol. The molecule has 4 heteroatoms. The Hall–Kier alpha value is -3.01. The lowest BCUT2D eigenvalue weighted by Gasteiger charge is -2.27. The summed E-state index contributed by atoms with van der Waals surface area (Å²) in [5, 5.41) is 0.918. The molecule has 0 atom stereocenters. The fraction of sp³-hybridized carbons (Fsp3) is 0.227. The van der Waals surface area contributed by atoms with Crippen LogP contribution in [0.5, 0.6) is 5.75 Å². The van der Waals surface area contributed by atoms with E-state index in [1.54, 1.807) is 7.11 Å². The van der Waals surface area contributed by atoms with Gasteiger partial charge in [0.25, 0.3) is 5.91 Å². The van der Waals surface area contributed by atoms with Gasteiger partial charge in [-0.25, -0.2) is 0 Å². The maximum Gasteiger partial charge on any atom is 0.290 e. The van der Waals surface area contributed by atoms with Crippen molar-refractivity contribution in [1.29, 1.82) is 0 Å². The van der Waals surface area contributed by atoms with Crippen molar-refractivity contribution in [2.24, 2.45) is 0 Å². The van der Waals surface area contributed by atoms with Gasteiger partial charge in [-0.15, -0.1) is 0 Å². The van der Waals surface area contributed by atoms with Crippen molar-refractivity contribution in [3.05, 3.63) is 66.4 Å². The lowest BCUT2D eigenvalue weighted by atomic mass is 10.0. The number of hydrogen-bond acceptors (Lipinski definition) is 3. The molecule has 0 N–H and O–H groups in total. The summed E-state index contributed by atoms with van der Waals surface area (Å²) in [6, 6.07) is 15.6. The van der Waals surface area contributed by atoms with Gasteiger partial charge in [-0.2, -0.15) is 0 Å². The van der Waals surface area contributed by atoms with E-state index in [0.717, 1.165) is 29.4 Å². The molecular formula is C22H21NO3. The largest absolute Gasteiger partial charge is 0.497 e. The molecule has 0 aliphatic carbocycles. The normalized spacial score (nSPS) is 14.7. The smallest absolute Gasteiger partial charge is 0.290 e. The van der Waals surface area contributed by atoms with Gasteiger partial charge < -0.3 is 14.1 Å². The van der Waals surface area contributed by atoms with Crippen LogP contribution < -0.4 is 4.74 Å². The number of hydrogen-bond donors (Lipinski definition) is 0. The highest BCUT2D eigenvalue weighted by atomic mass is 16.5. The number of carbonyl (C=O) groups excluding carboxylic acids is 1. The predicted molar refractivity (Wildman–Crippen MR) is 102 cm³/mol. The summed E-state index contributed by atoms with van der Waals surface area (Å²) in [7, 11) is 1.62. The van der Waals surface area contributed by atoms with Crippen molar-refractivity contribution in [1.82, 2.24) is 4.90 Å². The fourth-order valence-electron chi connectivity index (χ4n) is 3.42. The molecule has 4 nitrogen and oxygen atoms in total. The summed E-state index contributed by atoms with van der Waals surface area (Å²) in [6.45, 7) is 5.40. The van der Waals surface area contributed by atoms with Crippen LogP contribution in [0.15, 0.2) is 65.1 Å². The van der Waals surface area contributed by atoms with E-state index in [1.165, 1.54) is 5.57 Å². The van der Waals surface area contributed by atoms with Crippen LogP contribution in [0.1, 0.15) is 23.4 Å². The molecule has 3 aromatic rings. The molecule has 1 saturated heterocycles. The molecule has 0 spiro atoms. The Balaban J connectivity index is 1.84. The van der Waals surface area contributed by atoms with Crippen LogP contribution in [-0.4, -0.2) is 31.0 Å². The molecule has 0 unspecified atom stereocenters. The minimum absolute atomic E-state index is 0.0634. The van der Waals surface area contributed by atoms with E-state index in [1.807, 2.05) is 53.4 Å². The molecule has 2 aromatic carbocycles. The van der Waals surface area contributed by atoms with Crippen LogP contribution in [-0.2, 0) is 0 Å². The molecule has 132 valence electrons. The zero-order valence-electron chi connectivity index (χ0n) is 14.8. The second kappa shape index (κ2) is 6.71. The number of ether oxygens (including phenoxy) is 1. The van der Waals surface area contributed by atoms with Crippen molar-refractivity contribution in [2.75, 3.05) is 20.2 Å². The second-order valence-electron chi connectivity index (χ2n) is 6.58. The second-order valence-corrected chi connectivity index (χ2v) is 6.58. The van der Waals surface area contributed by atoms with Gasteiger partial charge in [0, 0.05) is 30.1 Å². The minimum Gasteiger partial charge on any atom is -0.497 e. The number of carbonyl (C=O) groups is 1. The average Bonchev–Trinajstić information content (AvgIpc) is 3.07. The summed E-state index contributed by atoms with van der Waals surface area (Å²) < 4.78 is 11.3. The molecule has 1 fully saturated rings. The van der Waals surface area contributed by atoms with Gasteiger partial charge in [-0.1, -0.05) is 42.5 Å². The number of amides is 1. The molecule has 1 amide bonds. The number of fused-ring (bicyclic) bond motifs is 1. The van der Waals surface area contributed by atoms with Crippen molar-refractivity contribution in [3.63, 3.8) is 0 Å². The van der Waals surface area contributed by atoms with Gasteiger partial charge in [0.1, 0.15) is 11.3 Å². The Bertz CT molecular complexity index is 962. The number of methoxy groups -OCH3 is 1. The maximum absolute atomic E-state index is 13.2. The number of piperidine rings is 1. The van der Waals surface area contributed by atoms with E-state index >= 15 is 0 Å². The van der Waals surface area contributed by atoms with Gasteiger partial charge in [0.05, 0.1) is 7.11 Å². The van der Waals surface area contributed by atoms with Gasteiger partial charge >= 0.3 is 0 Å². The molecule has 1 aliphatic rings. The van der Waals surface area contributed by atoms with E-state index in [-0.39, 0.29) is 5.91 Å². The summed E-state index contributed by atoms with van der Waals surface area (Å²) in [5.74, 6) is 1.04. The van der Waals surface area contributed by atoms with Crippen LogP contribution in [0.3, 0.4) is 0 Å². The van der Waals surface area contributed by atoms with Gasteiger partial charge in [0.2, 0.25) is 5.76 Å². The molecule has 0 radical (unpaired) electrons. The average molecular weight is 347 g/mol. The third kappa shape index (κ3) is 2.88. The molecule has 2 heterocycles. The first-order valence-corrected chi connectivity index (χ1v) is 8.79. The van der Waals surface area contributed by atoms with E-state index in [2.05, 4.69) is 6.58 Å². The fourth-order valence-corrected chi connectivity index (χ4v) is 3.42. The van der Waals surface area contributed by atoms with Crippen LogP contribution in [0, 0.1) is 0 Å². The predicted octanol–water partition coefficient (Wildman–Crippen LogP) is 4.90. The third-order valence-electron chi connectivity index (χ3n) is 4.91. The first-order chi connectivity index (χ1) is 12.7. The van der Waals surface area contributed by atoms with Gasteiger partial charge in [-0.05, 0) is 30.5 Å². The topological polar surface area (TPSA) is 42.7 Å². The van der Waals surface area contributed by atoms with Crippen molar-refractivity contribution in [2.45, 2.75) is 12.8 Å². The first kappa shape index (κ1) is 16.5. The monoisotopic (exact) mass is 347 g/mol. The third-order valence-corrected chi connectivity index (χ3v) is 4.91. The van der Waals surface area contributed by atoms with E-state index in [9.17, 15) is 4.79 Å². The van der Waals surface area contributed by atoms with Crippen molar-refractivity contribution < 1.29 is 13.9 Å². The molecule has 4 rings (SSSR count). The Kier molecular flexibility index (Phi) is 4.25. The molecule has 0 saturated carbocycles. The van der Waals surface area contributed by atoms with Gasteiger partial charge in [-0.3, -0.25) is 4.79 Å². The lowest BCUT2D eigenvalue weighted by molar-refractivity contribution is 0.0715. The Morgan fingerprint density at radius 1 is 1.12 bits per heavy atom. The van der Waals surface area contributed by atoms with E-state index < -0.39 is 0 Å². The van der Waals surface area contributed by atoms with Gasteiger partial charge in [0.15, 0.2) is 0 Å². The Morgan fingerprint density at radius 2 is 1.85 bits per heavy atom. The van der Waals surface area contributed by atoms with Crippen molar-refractivity contribution >= 4 is 16.9 Å². The quantitative estimate of drug-likeness (QED) is 0.633. The molecule has 0 bridgehead atoms. The first-order valence-electron chi connectivity index (χ1n) is 8.79. The summed E-state index contributed by atoms with van der Waals surface area (Å²) >= 11 is 0. The minimum atomic E-state index is -0.0634. The SMILES string of the molecule is C=C1CCN(C(=O)c2oc3cc(OC)ccc3c2-c2ccccc2)CC1. The van der Waals surface area contributed by atoms with Crippen LogP contribution in [0.25, 0.3) is 22.1 Å². The van der Waals surface area contributed by atoms with E-state index in [4.69, 9.17) is 9.15 Å². The summed E-state index contributed by atoms with van der Waals surface area (Å²) in [5.41, 5.74) is 3.68. The summed E-state index contributed by atoms with van der Waals surface area (Å²) in [4.78, 5) is 15.1. The van der Waals surface area contributed by atoms with E-state index in [0.29, 0.717) is 30.2 Å². The number of rotatable bonds is 3. The number of likely N-dealkylation sites (tertiary alicyclic amines) is 1. The lowest BCUT2D eigenvalue weighted by Crippen LogP contribution is -2.36. The molecule has 1 aromatic heterocycles. The zero-order chi connectivity index (χ0) is 18.1. The highest BCUT2D eigenvalue weighted by Crippen LogP contribution is 2.37. The molecule has 1 aliphatic heterocycles. The highest BCUT2D eigenvalue weighted by molar-refractivity contribution is 6.08. The zero-order valence-corrected chi connectivity index (χ0v) is 14.8. The van der Waals surface area contributed by atoms with Crippen LogP contribution in [0.2, 0.25) is 0 Å². The number of furan rings is 1. The maximum atomic E-state index is 13.2. The highest BCUT2D eigenvalue weighted by Gasteiger charge is 2.27. The van der Waals surface area contributed by atoms with Crippen LogP contribution in [0.4, 0.5) is 0 Å².